The summed E-state index contributed by atoms with van der Waals surface area (Å²) in [5.41, 5.74) is 44.7. The van der Waals surface area contributed by atoms with Gasteiger partial charge in [-0.15, -0.1) is 0 Å². The molecule has 6 nitrogen and oxygen atoms in total. The van der Waals surface area contributed by atoms with Crippen LogP contribution in [0.25, 0.3) is 22.3 Å². The Balaban J connectivity index is 0.000000408. The van der Waals surface area contributed by atoms with E-state index in [9.17, 15) is 0 Å². The van der Waals surface area contributed by atoms with E-state index in [1.54, 1.807) is 0 Å². The molecule has 4 aromatic carbocycles. The molecule has 0 atom stereocenters. The fraction of sp³-hybridized carbons (Fsp3) is 0.571. The lowest BCUT2D eigenvalue weighted by Gasteiger charge is -2.31. The molecule has 0 aliphatic heterocycles. The highest BCUT2D eigenvalue weighted by molar-refractivity contribution is 7.51. The Morgan fingerprint density at radius 2 is 0.333 bits per heavy atom. The summed E-state index contributed by atoms with van der Waals surface area (Å²) in [5, 5.41) is 0. The normalized spacial score (nSPS) is 13.1. The lowest BCUT2D eigenvalue weighted by Crippen LogP contribution is -2.22. The third-order valence-electron chi connectivity index (χ3n) is 11.9. The molecule has 7 heteroatoms. The second-order valence-corrected chi connectivity index (χ2v) is 26.1. The Bertz CT molecular complexity index is 1850. The lowest BCUT2D eigenvalue weighted by atomic mass is 9.75. The van der Waals surface area contributed by atoms with E-state index in [0.717, 1.165) is 22.7 Å². The molecular formula is C56H88N4O2S. The molecule has 0 spiro atoms. The highest BCUT2D eigenvalue weighted by atomic mass is 32.1. The smallest absolute Gasteiger partial charge is 0.335 e. The van der Waals surface area contributed by atoms with Gasteiger partial charge in [0, 0.05) is 22.7 Å². The maximum atomic E-state index is 8.29. The van der Waals surface area contributed by atoms with E-state index < -0.39 is 11.6 Å². The van der Waals surface area contributed by atoms with E-state index in [2.05, 4.69) is 215 Å². The summed E-state index contributed by atoms with van der Waals surface area (Å²) in [4.78, 5) is 0. The van der Waals surface area contributed by atoms with Crippen LogP contribution in [0.2, 0.25) is 0 Å². The first-order chi connectivity index (χ1) is 27.9. The van der Waals surface area contributed by atoms with Crippen LogP contribution in [0.4, 0.5) is 22.7 Å². The molecular weight excluding hydrogens is 793 g/mol. The Labute approximate surface area is 388 Å². The average molecular weight is 881 g/mol. The average Bonchev–Trinajstić information content (AvgIpc) is 3.05. The predicted molar refractivity (Wildman–Crippen MR) is 280 cm³/mol. The van der Waals surface area contributed by atoms with Gasteiger partial charge >= 0.3 is 11.6 Å². The Kier molecular flexibility index (Phi) is 16.1. The van der Waals surface area contributed by atoms with Gasteiger partial charge in [-0.3, -0.25) is 0 Å². The monoisotopic (exact) mass is 881 g/mol. The van der Waals surface area contributed by atoms with E-state index in [0.29, 0.717) is 0 Å². The summed E-state index contributed by atoms with van der Waals surface area (Å²) in [7, 11) is 0. The van der Waals surface area contributed by atoms with Crippen molar-refractivity contribution < 1.29 is 8.42 Å². The number of benzene rings is 4. The molecule has 0 bridgehead atoms. The van der Waals surface area contributed by atoms with Crippen molar-refractivity contribution in [3.63, 3.8) is 0 Å². The molecule has 0 saturated carbocycles. The maximum Gasteiger partial charge on any atom is 0.335 e. The van der Waals surface area contributed by atoms with Crippen LogP contribution < -0.4 is 22.9 Å². The van der Waals surface area contributed by atoms with Crippen molar-refractivity contribution in [3.8, 4) is 22.3 Å². The van der Waals surface area contributed by atoms with Gasteiger partial charge in [-0.2, -0.15) is 8.42 Å². The zero-order valence-electron chi connectivity index (χ0n) is 44.2. The molecule has 0 amide bonds. The fourth-order valence-corrected chi connectivity index (χ4v) is 8.24. The van der Waals surface area contributed by atoms with E-state index in [-0.39, 0.29) is 43.3 Å². The summed E-state index contributed by atoms with van der Waals surface area (Å²) in [5.74, 6) is 0. The van der Waals surface area contributed by atoms with Gasteiger partial charge in [-0.1, -0.05) is 166 Å². The molecule has 63 heavy (non-hydrogen) atoms. The first kappa shape index (κ1) is 55.0. The van der Waals surface area contributed by atoms with Crippen LogP contribution in [0.5, 0.6) is 0 Å². The van der Waals surface area contributed by atoms with Crippen molar-refractivity contribution in [1.29, 1.82) is 0 Å². The molecule has 0 saturated heterocycles. The van der Waals surface area contributed by atoms with Gasteiger partial charge in [0.25, 0.3) is 0 Å². The summed E-state index contributed by atoms with van der Waals surface area (Å²) < 4.78 is 16.6. The van der Waals surface area contributed by atoms with Crippen molar-refractivity contribution in [1.82, 2.24) is 0 Å². The minimum absolute atomic E-state index is 0.0341. The molecule has 0 heterocycles. The summed E-state index contributed by atoms with van der Waals surface area (Å²) in [6.45, 7) is 53.6. The van der Waals surface area contributed by atoms with Gasteiger partial charge in [0.15, 0.2) is 0 Å². The van der Waals surface area contributed by atoms with Gasteiger partial charge in [0.05, 0.1) is 0 Å². The summed E-state index contributed by atoms with van der Waals surface area (Å²) in [6, 6.07) is 18.3. The second kappa shape index (κ2) is 18.4. The maximum absolute atomic E-state index is 8.29. The number of nitrogens with two attached hydrogens (primary N) is 4. The number of hydrogen-bond acceptors (Lipinski definition) is 6. The number of anilines is 4. The largest absolute Gasteiger partial charge is 0.398 e. The van der Waals surface area contributed by atoms with Crippen LogP contribution in [0.1, 0.15) is 211 Å². The highest BCUT2D eigenvalue weighted by Crippen LogP contribution is 2.46. The van der Waals surface area contributed by atoms with Crippen LogP contribution in [0, 0.1) is 0 Å². The number of hydrogen-bond donors (Lipinski definition) is 4. The van der Waals surface area contributed by atoms with Crippen LogP contribution in [-0.2, 0) is 54.9 Å². The van der Waals surface area contributed by atoms with Crippen LogP contribution in [0.15, 0.2) is 48.5 Å². The predicted octanol–water partition coefficient (Wildman–Crippen LogP) is 14.7. The quantitative estimate of drug-likeness (QED) is 0.148. The fourth-order valence-electron chi connectivity index (χ4n) is 8.24. The molecule has 0 aliphatic carbocycles. The second-order valence-electron chi connectivity index (χ2n) is 26.0. The number of nitrogen functional groups attached to an aromatic ring is 4. The van der Waals surface area contributed by atoms with Gasteiger partial charge in [-0.05, 0) is 159 Å². The molecule has 0 radical (unpaired) electrons. The van der Waals surface area contributed by atoms with E-state index >= 15 is 0 Å². The molecule has 4 aromatic rings. The third-order valence-corrected chi connectivity index (χ3v) is 11.9. The number of rotatable bonds is 2. The van der Waals surface area contributed by atoms with Crippen LogP contribution in [-0.4, -0.2) is 8.42 Å². The lowest BCUT2D eigenvalue weighted by molar-refractivity contribution is 0.571. The summed E-state index contributed by atoms with van der Waals surface area (Å²) in [6.07, 6.45) is 0. The SMILES string of the molecule is CC(C)(C)c1cc(-c2cc(C(C)(C)C)c(N)c(C(C)(C)C)c2)cc(C(C)(C)C)c1N.CC(C)(C)c1cc(-c2cc(C(C)(C)C)c(N)c(C(C)(C)C)c2)cc(C(C)(C)C)c1N.O=S=O. The van der Waals surface area contributed by atoms with Crippen molar-refractivity contribution in [3.05, 3.63) is 93.0 Å². The van der Waals surface area contributed by atoms with Gasteiger partial charge in [-0.25, -0.2) is 0 Å². The standard InChI is InChI=1S/2C28H44N2.O2S/c2*1-25(2,3)19-13-17(14-20(23(19)29)26(4,5)6)18-15-21(27(7,8)9)24(30)22(16-18)28(10,11)12;1-3-2/h2*13-16H,29-30H2,1-12H3;. The topological polar surface area (TPSA) is 138 Å². The van der Waals surface area contributed by atoms with Gasteiger partial charge in [0.1, 0.15) is 0 Å². The minimum atomic E-state index is -0.750. The zero-order valence-corrected chi connectivity index (χ0v) is 45.0. The van der Waals surface area contributed by atoms with Gasteiger partial charge in [0.2, 0.25) is 0 Å². The van der Waals surface area contributed by atoms with Crippen molar-refractivity contribution in [2.45, 2.75) is 209 Å². The Morgan fingerprint density at radius 3 is 0.397 bits per heavy atom. The highest BCUT2D eigenvalue weighted by Gasteiger charge is 2.31. The first-order valence-electron chi connectivity index (χ1n) is 22.6. The Hall–Kier alpha value is -4.10. The molecule has 4 rings (SSSR count). The van der Waals surface area contributed by atoms with E-state index in [1.165, 1.54) is 66.8 Å². The van der Waals surface area contributed by atoms with Crippen LogP contribution >= 0.6 is 0 Å². The van der Waals surface area contributed by atoms with Crippen molar-refractivity contribution in [2.75, 3.05) is 22.9 Å². The molecule has 0 aromatic heterocycles. The van der Waals surface area contributed by atoms with Crippen LogP contribution in [0.3, 0.4) is 0 Å². The van der Waals surface area contributed by atoms with E-state index in [4.69, 9.17) is 31.4 Å². The summed E-state index contributed by atoms with van der Waals surface area (Å²) >= 11 is -0.750. The van der Waals surface area contributed by atoms with E-state index in [1.807, 2.05) is 0 Å². The zero-order chi connectivity index (χ0) is 49.6. The minimum Gasteiger partial charge on any atom is -0.398 e. The Morgan fingerprint density at radius 1 is 0.254 bits per heavy atom. The van der Waals surface area contributed by atoms with Crippen molar-refractivity contribution >= 4 is 34.3 Å². The van der Waals surface area contributed by atoms with Gasteiger partial charge < -0.3 is 22.9 Å². The molecule has 8 N–H and O–H groups in total. The van der Waals surface area contributed by atoms with Crippen molar-refractivity contribution in [2.24, 2.45) is 0 Å². The first-order valence-corrected chi connectivity index (χ1v) is 23.3. The molecule has 350 valence electrons. The molecule has 0 fully saturated rings. The third kappa shape index (κ3) is 13.5. The molecule has 0 aliphatic rings. The molecule has 0 unspecified atom stereocenters.